The molecule has 18 heavy (non-hydrogen) atoms. The van der Waals surface area contributed by atoms with Crippen LogP contribution in [0.25, 0.3) is 11.4 Å². The number of methoxy groups -OCH3 is 1. The first kappa shape index (κ1) is 11.9. The Hall–Kier alpha value is -2.57. The van der Waals surface area contributed by atoms with Crippen LogP contribution in [0, 0.1) is 15.9 Å². The molecule has 0 saturated carbocycles. The Labute approximate surface area is 101 Å². The van der Waals surface area contributed by atoms with Crippen molar-refractivity contribution in [2.45, 2.75) is 0 Å². The molecule has 0 aliphatic carbocycles. The van der Waals surface area contributed by atoms with Gasteiger partial charge in [0.05, 0.1) is 24.4 Å². The van der Waals surface area contributed by atoms with E-state index < -0.39 is 10.7 Å². The van der Waals surface area contributed by atoms with E-state index in [0.717, 1.165) is 12.4 Å². The lowest BCUT2D eigenvalue weighted by Crippen LogP contribution is -1.95. The third-order valence-corrected chi connectivity index (χ3v) is 2.25. The molecule has 7 heteroatoms. The van der Waals surface area contributed by atoms with E-state index in [1.807, 2.05) is 0 Å². The van der Waals surface area contributed by atoms with Crippen LogP contribution < -0.4 is 4.74 Å². The molecular weight excluding hydrogens is 241 g/mol. The Bertz CT molecular complexity index is 587. The van der Waals surface area contributed by atoms with Crippen LogP contribution in [0.5, 0.6) is 5.75 Å². The molecule has 0 aliphatic rings. The fourth-order valence-corrected chi connectivity index (χ4v) is 1.43. The highest BCUT2D eigenvalue weighted by molar-refractivity contribution is 5.62. The lowest BCUT2D eigenvalue weighted by Gasteiger charge is -2.04. The molecule has 1 aromatic heterocycles. The molecule has 0 spiro atoms. The number of ether oxygens (including phenoxy) is 1. The molecule has 0 aliphatic heterocycles. The second-order valence-electron chi connectivity index (χ2n) is 3.37. The standard InChI is InChI=1S/C11H8FN3O3/c1-18-10-4-7(2-3-9(10)15(16)17)11-13-5-8(12)6-14-11/h2-6H,1H3. The number of rotatable bonds is 3. The summed E-state index contributed by atoms with van der Waals surface area (Å²) in [5.74, 6) is -0.178. The fraction of sp³-hybridized carbons (Fsp3) is 0.0909. The molecule has 0 atom stereocenters. The van der Waals surface area contributed by atoms with Crippen LogP contribution in [0.2, 0.25) is 0 Å². The van der Waals surface area contributed by atoms with Crippen LogP contribution in [-0.2, 0) is 0 Å². The van der Waals surface area contributed by atoms with Gasteiger partial charge in [0.15, 0.2) is 17.4 Å². The van der Waals surface area contributed by atoms with Gasteiger partial charge in [-0.25, -0.2) is 14.4 Å². The van der Waals surface area contributed by atoms with Gasteiger partial charge in [-0.1, -0.05) is 0 Å². The summed E-state index contributed by atoms with van der Waals surface area (Å²) in [6.45, 7) is 0. The van der Waals surface area contributed by atoms with Gasteiger partial charge < -0.3 is 4.74 Å². The minimum atomic E-state index is -0.548. The highest BCUT2D eigenvalue weighted by Gasteiger charge is 2.16. The third kappa shape index (κ3) is 2.24. The van der Waals surface area contributed by atoms with E-state index in [9.17, 15) is 14.5 Å². The molecule has 92 valence electrons. The molecule has 0 radical (unpaired) electrons. The van der Waals surface area contributed by atoms with Crippen molar-refractivity contribution in [2.24, 2.45) is 0 Å². The van der Waals surface area contributed by atoms with Crippen molar-refractivity contribution in [1.29, 1.82) is 0 Å². The molecule has 0 N–H and O–H groups in total. The van der Waals surface area contributed by atoms with E-state index >= 15 is 0 Å². The van der Waals surface area contributed by atoms with Gasteiger partial charge >= 0.3 is 5.69 Å². The second-order valence-corrected chi connectivity index (χ2v) is 3.37. The van der Waals surface area contributed by atoms with E-state index in [4.69, 9.17) is 4.74 Å². The Morgan fingerprint density at radius 1 is 1.33 bits per heavy atom. The monoisotopic (exact) mass is 249 g/mol. The maximum atomic E-state index is 12.7. The Morgan fingerprint density at radius 3 is 2.56 bits per heavy atom. The van der Waals surface area contributed by atoms with Gasteiger partial charge in [-0.15, -0.1) is 0 Å². The summed E-state index contributed by atoms with van der Waals surface area (Å²) >= 11 is 0. The van der Waals surface area contributed by atoms with Gasteiger partial charge in [0.2, 0.25) is 0 Å². The highest BCUT2D eigenvalue weighted by Crippen LogP contribution is 2.30. The maximum Gasteiger partial charge on any atom is 0.310 e. The van der Waals surface area contributed by atoms with Crippen molar-refractivity contribution >= 4 is 5.69 Å². The van der Waals surface area contributed by atoms with Crippen molar-refractivity contribution in [1.82, 2.24) is 9.97 Å². The zero-order valence-electron chi connectivity index (χ0n) is 9.33. The predicted octanol–water partition coefficient (Wildman–Crippen LogP) is 2.20. The molecule has 0 fully saturated rings. The van der Waals surface area contributed by atoms with Gasteiger partial charge in [-0.3, -0.25) is 10.1 Å². The Morgan fingerprint density at radius 2 is 2.00 bits per heavy atom. The van der Waals surface area contributed by atoms with Crippen molar-refractivity contribution in [3.8, 4) is 17.1 Å². The van der Waals surface area contributed by atoms with E-state index in [0.29, 0.717) is 5.56 Å². The van der Waals surface area contributed by atoms with Gasteiger partial charge in [0.25, 0.3) is 0 Å². The van der Waals surface area contributed by atoms with Crippen LogP contribution in [0.15, 0.2) is 30.6 Å². The number of nitrogens with zero attached hydrogens (tertiary/aromatic N) is 3. The predicted molar refractivity (Wildman–Crippen MR) is 60.6 cm³/mol. The zero-order valence-corrected chi connectivity index (χ0v) is 9.33. The minimum absolute atomic E-state index is 0.102. The van der Waals surface area contributed by atoms with Crippen molar-refractivity contribution < 1.29 is 14.1 Å². The van der Waals surface area contributed by atoms with Crippen LogP contribution in [0.4, 0.5) is 10.1 Å². The first-order valence-corrected chi connectivity index (χ1v) is 4.92. The number of nitro benzene ring substituents is 1. The molecule has 1 aromatic carbocycles. The first-order chi connectivity index (χ1) is 8.61. The van der Waals surface area contributed by atoms with Gasteiger partial charge in [-0.05, 0) is 12.1 Å². The third-order valence-electron chi connectivity index (χ3n) is 2.25. The zero-order chi connectivity index (χ0) is 13.1. The van der Waals surface area contributed by atoms with Crippen LogP contribution in [0.1, 0.15) is 0 Å². The fourth-order valence-electron chi connectivity index (χ4n) is 1.43. The number of nitro groups is 1. The number of hydrogen-bond acceptors (Lipinski definition) is 5. The number of halogens is 1. The summed E-state index contributed by atoms with van der Waals surface area (Å²) in [4.78, 5) is 17.7. The highest BCUT2D eigenvalue weighted by atomic mass is 19.1. The average molecular weight is 249 g/mol. The minimum Gasteiger partial charge on any atom is -0.490 e. The lowest BCUT2D eigenvalue weighted by atomic mass is 10.2. The van der Waals surface area contributed by atoms with Crippen LogP contribution in [-0.4, -0.2) is 22.0 Å². The van der Waals surface area contributed by atoms with Crippen LogP contribution in [0.3, 0.4) is 0 Å². The van der Waals surface area contributed by atoms with Crippen LogP contribution >= 0.6 is 0 Å². The van der Waals surface area contributed by atoms with E-state index in [1.165, 1.54) is 25.3 Å². The van der Waals surface area contributed by atoms with Crippen molar-refractivity contribution in [2.75, 3.05) is 7.11 Å². The number of aromatic nitrogens is 2. The summed E-state index contributed by atoms with van der Waals surface area (Å²) in [6, 6.07) is 4.21. The molecule has 6 nitrogen and oxygen atoms in total. The van der Waals surface area contributed by atoms with Gasteiger partial charge in [-0.2, -0.15) is 0 Å². The SMILES string of the molecule is COc1cc(-c2ncc(F)cn2)ccc1[N+](=O)[O-]. The summed E-state index contributed by atoms with van der Waals surface area (Å²) in [6.07, 6.45) is 2.05. The van der Waals surface area contributed by atoms with E-state index in [1.54, 1.807) is 0 Å². The lowest BCUT2D eigenvalue weighted by molar-refractivity contribution is -0.385. The van der Waals surface area contributed by atoms with Gasteiger partial charge in [0.1, 0.15) is 0 Å². The van der Waals surface area contributed by atoms with Gasteiger partial charge in [0, 0.05) is 11.6 Å². The van der Waals surface area contributed by atoms with Crippen molar-refractivity contribution in [3.05, 3.63) is 46.5 Å². The normalized spacial score (nSPS) is 10.1. The van der Waals surface area contributed by atoms with E-state index in [2.05, 4.69) is 9.97 Å². The van der Waals surface area contributed by atoms with E-state index in [-0.39, 0.29) is 17.3 Å². The summed E-state index contributed by atoms with van der Waals surface area (Å²) in [5, 5.41) is 10.7. The summed E-state index contributed by atoms with van der Waals surface area (Å²) in [5.41, 5.74) is 0.362. The first-order valence-electron chi connectivity index (χ1n) is 4.92. The molecule has 0 saturated heterocycles. The molecular formula is C11H8FN3O3. The largest absolute Gasteiger partial charge is 0.490 e. The Balaban J connectivity index is 2.47. The average Bonchev–Trinajstić information content (AvgIpc) is 2.38. The molecule has 1 heterocycles. The molecule has 0 amide bonds. The Kier molecular flexibility index (Phi) is 3.13. The molecule has 2 rings (SSSR count). The maximum absolute atomic E-state index is 12.7. The second kappa shape index (κ2) is 4.74. The quantitative estimate of drug-likeness (QED) is 0.615. The summed E-state index contributed by atoms with van der Waals surface area (Å²) < 4.78 is 17.6. The molecule has 0 bridgehead atoms. The smallest absolute Gasteiger partial charge is 0.310 e. The topological polar surface area (TPSA) is 78.2 Å². The molecule has 0 unspecified atom stereocenters. The molecule has 2 aromatic rings. The summed E-state index contributed by atoms with van der Waals surface area (Å²) in [7, 11) is 1.33. The van der Waals surface area contributed by atoms with Crippen molar-refractivity contribution in [3.63, 3.8) is 0 Å². The number of benzene rings is 1. The number of hydrogen-bond donors (Lipinski definition) is 0.